The van der Waals surface area contributed by atoms with Crippen LogP contribution in [-0.4, -0.2) is 17.8 Å². The Morgan fingerprint density at radius 3 is 2.53 bits per heavy atom. The van der Waals surface area contributed by atoms with Crippen LogP contribution in [0.1, 0.15) is 33.3 Å². The second-order valence-corrected chi connectivity index (χ2v) is 6.13. The number of benzene rings is 1. The fourth-order valence-corrected chi connectivity index (χ4v) is 2.15. The van der Waals surface area contributed by atoms with Gasteiger partial charge >= 0.3 is 0 Å². The molecule has 0 heterocycles. The van der Waals surface area contributed by atoms with Crippen LogP contribution in [0, 0.1) is 22.7 Å². The summed E-state index contributed by atoms with van der Waals surface area (Å²) in [5.41, 5.74) is 0.0737. The van der Waals surface area contributed by atoms with Gasteiger partial charge in [-0.3, -0.25) is 0 Å². The third-order valence-corrected chi connectivity index (χ3v) is 3.42. The molecule has 1 rings (SSSR count). The second kappa shape index (κ2) is 6.27. The van der Waals surface area contributed by atoms with Crippen molar-refractivity contribution in [1.82, 2.24) is 0 Å². The number of hydrogen-bond donors (Lipinski definition) is 1. The third kappa shape index (κ3) is 4.12. The van der Waals surface area contributed by atoms with E-state index < -0.39 is 6.10 Å². The summed E-state index contributed by atoms with van der Waals surface area (Å²) in [7, 11) is 0. The van der Waals surface area contributed by atoms with Crippen LogP contribution >= 0.6 is 11.6 Å². The number of aliphatic hydroxyl groups excluding tert-OH is 1. The van der Waals surface area contributed by atoms with Gasteiger partial charge in [-0.05, 0) is 18.1 Å². The smallest absolute Gasteiger partial charge is 0.120 e. The molecule has 0 aliphatic carbocycles. The number of nitriles is 1. The molecule has 4 heteroatoms. The van der Waals surface area contributed by atoms with Gasteiger partial charge in [0.1, 0.15) is 11.8 Å². The largest absolute Gasteiger partial charge is 0.493 e. The number of aliphatic hydroxyl groups is 1. The Kier molecular flexibility index (Phi) is 5.22. The Morgan fingerprint density at radius 2 is 2.05 bits per heavy atom. The van der Waals surface area contributed by atoms with Gasteiger partial charge in [-0.2, -0.15) is 5.26 Å². The van der Waals surface area contributed by atoms with Crippen LogP contribution in [0.15, 0.2) is 18.2 Å². The minimum atomic E-state index is -0.443. The molecule has 0 amide bonds. The first-order valence-corrected chi connectivity index (χ1v) is 6.66. The van der Waals surface area contributed by atoms with Crippen molar-refractivity contribution < 1.29 is 9.84 Å². The Balaban J connectivity index is 2.72. The van der Waals surface area contributed by atoms with E-state index in [-0.39, 0.29) is 11.3 Å². The highest BCUT2D eigenvalue weighted by Gasteiger charge is 2.31. The van der Waals surface area contributed by atoms with Crippen molar-refractivity contribution >= 4 is 11.6 Å². The van der Waals surface area contributed by atoms with Crippen LogP contribution in [0.5, 0.6) is 5.75 Å². The lowest BCUT2D eigenvalue weighted by Crippen LogP contribution is -2.38. The molecule has 0 saturated heterocycles. The van der Waals surface area contributed by atoms with E-state index in [0.29, 0.717) is 22.9 Å². The van der Waals surface area contributed by atoms with Gasteiger partial charge in [-0.1, -0.05) is 39.3 Å². The highest BCUT2D eigenvalue weighted by molar-refractivity contribution is 6.31. The van der Waals surface area contributed by atoms with Crippen molar-refractivity contribution in [1.29, 1.82) is 5.26 Å². The molecule has 104 valence electrons. The van der Waals surface area contributed by atoms with E-state index >= 15 is 0 Å². The summed E-state index contributed by atoms with van der Waals surface area (Å²) in [4.78, 5) is 0. The van der Waals surface area contributed by atoms with Crippen LogP contribution in [-0.2, 0) is 0 Å². The van der Waals surface area contributed by atoms with Crippen LogP contribution in [0.4, 0.5) is 0 Å². The van der Waals surface area contributed by atoms with Crippen molar-refractivity contribution in [3.05, 3.63) is 28.8 Å². The predicted molar refractivity (Wildman–Crippen MR) is 76.3 cm³/mol. The van der Waals surface area contributed by atoms with Gasteiger partial charge < -0.3 is 9.84 Å². The van der Waals surface area contributed by atoms with E-state index in [2.05, 4.69) is 0 Å². The molecule has 1 aromatic rings. The highest BCUT2D eigenvalue weighted by Crippen LogP contribution is 2.28. The number of halogens is 1. The van der Waals surface area contributed by atoms with E-state index in [1.165, 1.54) is 0 Å². The fraction of sp³-hybridized carbons (Fsp3) is 0.533. The fourth-order valence-electron chi connectivity index (χ4n) is 1.93. The maximum absolute atomic E-state index is 10.1. The molecule has 0 aliphatic rings. The number of nitrogens with zero attached hydrogens (tertiary/aromatic N) is 1. The molecule has 1 atom stereocenters. The van der Waals surface area contributed by atoms with Gasteiger partial charge in [-0.25, -0.2) is 0 Å². The summed E-state index contributed by atoms with van der Waals surface area (Å²) in [6, 6.07) is 6.96. The number of ether oxygens (including phenoxy) is 1. The number of hydrogen-bond acceptors (Lipinski definition) is 3. The zero-order valence-electron chi connectivity index (χ0n) is 11.8. The maximum Gasteiger partial charge on any atom is 0.120 e. The lowest BCUT2D eigenvalue weighted by molar-refractivity contribution is -0.0141. The molecule has 0 spiro atoms. The molecule has 1 N–H and O–H groups in total. The average molecular weight is 282 g/mol. The molecule has 0 aromatic heterocycles. The summed E-state index contributed by atoms with van der Waals surface area (Å²) in [6.45, 7) is 8.26. The van der Waals surface area contributed by atoms with Crippen LogP contribution in [0.25, 0.3) is 0 Å². The van der Waals surface area contributed by atoms with Gasteiger partial charge in [0.05, 0.1) is 23.3 Å². The highest BCUT2D eigenvalue weighted by atomic mass is 35.5. The number of rotatable bonds is 5. The van der Waals surface area contributed by atoms with E-state index in [0.717, 1.165) is 0 Å². The Labute approximate surface area is 119 Å². The van der Waals surface area contributed by atoms with Crippen molar-refractivity contribution in [3.8, 4) is 11.8 Å². The van der Waals surface area contributed by atoms with Gasteiger partial charge in [0.2, 0.25) is 0 Å². The lowest BCUT2D eigenvalue weighted by Gasteiger charge is -2.32. The molecule has 0 bridgehead atoms. The van der Waals surface area contributed by atoms with Gasteiger partial charge in [0.25, 0.3) is 0 Å². The van der Waals surface area contributed by atoms with Gasteiger partial charge in [0.15, 0.2) is 0 Å². The molecule has 0 radical (unpaired) electrons. The van der Waals surface area contributed by atoms with E-state index in [1.807, 2.05) is 33.8 Å². The first-order chi connectivity index (χ1) is 8.77. The Hall–Kier alpha value is -1.24. The summed E-state index contributed by atoms with van der Waals surface area (Å²) in [5, 5.41) is 19.3. The molecule has 1 unspecified atom stereocenters. The van der Waals surface area contributed by atoms with Gasteiger partial charge in [0, 0.05) is 11.5 Å². The minimum absolute atomic E-state index is 0.170. The molecule has 0 saturated carbocycles. The summed E-state index contributed by atoms with van der Waals surface area (Å²) in [5.74, 6) is 0.774. The molecule has 0 aliphatic heterocycles. The first-order valence-electron chi connectivity index (χ1n) is 6.28. The van der Waals surface area contributed by atoms with Gasteiger partial charge in [-0.15, -0.1) is 0 Å². The Morgan fingerprint density at radius 1 is 1.42 bits per heavy atom. The molecular formula is C15H20ClNO2. The van der Waals surface area contributed by atoms with Crippen molar-refractivity contribution in [2.75, 3.05) is 6.61 Å². The molecule has 19 heavy (non-hydrogen) atoms. The summed E-state index contributed by atoms with van der Waals surface area (Å²) >= 11 is 5.94. The van der Waals surface area contributed by atoms with Crippen molar-refractivity contribution in [2.24, 2.45) is 11.3 Å². The van der Waals surface area contributed by atoms with E-state index in [9.17, 15) is 5.11 Å². The quantitative estimate of drug-likeness (QED) is 0.896. The first kappa shape index (κ1) is 15.8. The molecular weight excluding hydrogens is 262 g/mol. The maximum atomic E-state index is 10.1. The SMILES string of the molecule is CC(C)C(O)C(C)(C)COc1ccc(C#N)c(Cl)c1. The zero-order chi connectivity index (χ0) is 14.6. The molecule has 3 nitrogen and oxygen atoms in total. The predicted octanol–water partition coefficient (Wildman–Crippen LogP) is 3.63. The topological polar surface area (TPSA) is 53.2 Å². The standard InChI is InChI=1S/C15H20ClNO2/c1-10(2)14(18)15(3,4)9-19-12-6-5-11(8-17)13(16)7-12/h5-7,10,14,18H,9H2,1-4H3. The lowest BCUT2D eigenvalue weighted by atomic mass is 9.81. The van der Waals surface area contributed by atoms with E-state index in [1.54, 1.807) is 18.2 Å². The summed E-state index contributed by atoms with van der Waals surface area (Å²) < 4.78 is 5.67. The van der Waals surface area contributed by atoms with Crippen LogP contribution in [0.2, 0.25) is 5.02 Å². The third-order valence-electron chi connectivity index (χ3n) is 3.10. The average Bonchev–Trinajstić information content (AvgIpc) is 2.35. The van der Waals surface area contributed by atoms with Crippen molar-refractivity contribution in [3.63, 3.8) is 0 Å². The molecule has 0 fully saturated rings. The Bertz CT molecular complexity index is 478. The monoisotopic (exact) mass is 281 g/mol. The normalized spacial score (nSPS) is 13.2. The van der Waals surface area contributed by atoms with Crippen molar-refractivity contribution in [2.45, 2.75) is 33.8 Å². The van der Waals surface area contributed by atoms with Crippen LogP contribution in [0.3, 0.4) is 0 Å². The van der Waals surface area contributed by atoms with Crippen LogP contribution < -0.4 is 4.74 Å². The minimum Gasteiger partial charge on any atom is -0.493 e. The van der Waals surface area contributed by atoms with E-state index in [4.69, 9.17) is 21.6 Å². The zero-order valence-corrected chi connectivity index (χ0v) is 12.5. The summed E-state index contributed by atoms with van der Waals surface area (Å²) in [6.07, 6.45) is -0.443. The molecule has 1 aromatic carbocycles. The second-order valence-electron chi connectivity index (χ2n) is 5.72.